The fourth-order valence-corrected chi connectivity index (χ4v) is 11.0. The van der Waals surface area contributed by atoms with Gasteiger partial charge in [0.1, 0.15) is 17.6 Å². The lowest BCUT2D eigenvalue weighted by atomic mass is 9.63. The predicted octanol–water partition coefficient (Wildman–Crippen LogP) is 7.86. The quantitative estimate of drug-likeness (QED) is 0.0934. The highest BCUT2D eigenvalue weighted by Gasteiger charge is 2.61. The number of hydrogen-bond acceptors (Lipinski definition) is 8. The fraction of sp³-hybridized carbons (Fsp3) is 0.400. The van der Waals surface area contributed by atoms with E-state index in [0.29, 0.717) is 47.0 Å². The zero-order valence-electron chi connectivity index (χ0n) is 36.2. The number of nitrogens with zero attached hydrogens (tertiary/aromatic N) is 1. The zero-order valence-corrected chi connectivity index (χ0v) is 37.7. The number of ether oxygens (including phenoxy) is 1. The normalized spacial score (nSPS) is 26.2. The number of piperidine rings is 2. The molecule has 332 valence electrons. The Morgan fingerprint density at radius 1 is 1.03 bits per heavy atom. The van der Waals surface area contributed by atoms with Crippen molar-refractivity contribution in [3.63, 3.8) is 0 Å². The van der Waals surface area contributed by atoms with Crippen LogP contribution in [-0.4, -0.2) is 66.9 Å². The van der Waals surface area contributed by atoms with E-state index in [1.807, 2.05) is 48.5 Å². The van der Waals surface area contributed by atoms with Gasteiger partial charge in [-0.1, -0.05) is 86.1 Å². The molecule has 4 aromatic carbocycles. The number of carbonyl (C=O) groups excluding carboxylic acids is 4. The summed E-state index contributed by atoms with van der Waals surface area (Å²) < 4.78 is 22.2. The molecule has 5 N–H and O–H groups in total. The van der Waals surface area contributed by atoms with Gasteiger partial charge >= 0.3 is 0 Å². The standard InChI is InChI=1S/C50H51Cl2FN6O5/c1-49(2,3)24-41-50(26-55-38-23-30(51)14-15-34(38)50)43(32-9-6-10-35(52)44(32)53)45(57-41)47(62)56-36-16-13-29(22-40(36)64-4)37-21-27(19-20-54-37)11-12-28-7-5-8-31-33(28)25-59(48(31)63)39-17-18-42(60)58-46(39)61/h5-10,13-16,22-23,27,37,39,41,43,45,54-55,57H,17-21,24-26H2,1-4H3,(H,56,62)(H,58,60,61)/t27?,37?,39?,41-,43-,45+,50-/m0/s1. The summed E-state index contributed by atoms with van der Waals surface area (Å²) in [7, 11) is 1.57. The van der Waals surface area contributed by atoms with E-state index in [1.165, 1.54) is 6.07 Å². The summed E-state index contributed by atoms with van der Waals surface area (Å²) in [5.74, 6) is 4.86. The molecule has 5 aliphatic rings. The van der Waals surface area contributed by atoms with Gasteiger partial charge in [-0.2, -0.15) is 0 Å². The Kier molecular flexibility index (Phi) is 11.7. The molecule has 3 unspecified atom stereocenters. The van der Waals surface area contributed by atoms with E-state index in [2.05, 4.69) is 59.2 Å². The van der Waals surface area contributed by atoms with Gasteiger partial charge in [0.25, 0.3) is 5.91 Å². The third kappa shape index (κ3) is 8.02. The second-order valence-corrected chi connectivity index (χ2v) is 19.7. The Balaban J connectivity index is 0.955. The summed E-state index contributed by atoms with van der Waals surface area (Å²) in [6, 6.07) is 20.2. The average Bonchev–Trinajstić information content (AvgIpc) is 3.91. The van der Waals surface area contributed by atoms with Crippen LogP contribution in [0.3, 0.4) is 0 Å². The molecule has 64 heavy (non-hydrogen) atoms. The molecule has 0 bridgehead atoms. The first-order chi connectivity index (χ1) is 30.6. The molecule has 4 aromatic rings. The molecule has 0 aromatic heterocycles. The summed E-state index contributed by atoms with van der Waals surface area (Å²) >= 11 is 12.9. The molecule has 14 heteroatoms. The summed E-state index contributed by atoms with van der Waals surface area (Å²) in [6.07, 6.45) is 2.74. The smallest absolute Gasteiger partial charge is 0.255 e. The van der Waals surface area contributed by atoms with E-state index in [1.54, 1.807) is 30.2 Å². The summed E-state index contributed by atoms with van der Waals surface area (Å²) in [5.41, 5.74) is 4.88. The number of benzene rings is 4. The largest absolute Gasteiger partial charge is 0.495 e. The molecule has 5 heterocycles. The van der Waals surface area contributed by atoms with Crippen LogP contribution in [0.5, 0.6) is 5.75 Å². The first-order valence-corrected chi connectivity index (χ1v) is 22.6. The number of halogens is 3. The van der Waals surface area contributed by atoms with Gasteiger partial charge in [0.2, 0.25) is 17.7 Å². The first kappa shape index (κ1) is 43.8. The predicted molar refractivity (Wildman–Crippen MR) is 245 cm³/mol. The Labute approximate surface area is 382 Å². The molecule has 4 amide bonds. The molecule has 9 rings (SSSR count). The van der Waals surface area contributed by atoms with Gasteiger partial charge in [0.15, 0.2) is 0 Å². The number of amides is 4. The highest BCUT2D eigenvalue weighted by molar-refractivity contribution is 6.31. The molecule has 11 nitrogen and oxygen atoms in total. The van der Waals surface area contributed by atoms with Crippen LogP contribution in [0.2, 0.25) is 10.0 Å². The fourth-order valence-electron chi connectivity index (χ4n) is 10.7. The third-order valence-corrected chi connectivity index (χ3v) is 14.2. The number of rotatable bonds is 7. The second-order valence-electron chi connectivity index (χ2n) is 18.8. The molecule has 7 atom stereocenters. The van der Waals surface area contributed by atoms with Crippen LogP contribution in [0.1, 0.15) is 103 Å². The van der Waals surface area contributed by atoms with Crippen molar-refractivity contribution >= 4 is 58.2 Å². The van der Waals surface area contributed by atoms with Crippen molar-refractivity contribution in [1.29, 1.82) is 0 Å². The minimum absolute atomic E-state index is 0.00593. The Hall–Kier alpha value is -5.45. The number of carbonyl (C=O) groups is 4. The Morgan fingerprint density at radius 2 is 1.84 bits per heavy atom. The highest BCUT2D eigenvalue weighted by atomic mass is 35.5. The summed E-state index contributed by atoms with van der Waals surface area (Å²) in [4.78, 5) is 54.1. The lowest BCUT2D eigenvalue weighted by Crippen LogP contribution is -2.52. The van der Waals surface area contributed by atoms with Crippen molar-refractivity contribution in [2.75, 3.05) is 30.8 Å². The molecular weight excluding hydrogens is 854 g/mol. The topological polar surface area (TPSA) is 141 Å². The molecular formula is C50H51Cl2FN6O5. The number of hydrogen-bond donors (Lipinski definition) is 5. The molecule has 3 fully saturated rings. The molecule has 0 aliphatic carbocycles. The zero-order chi connectivity index (χ0) is 45.1. The molecule has 5 aliphatic heterocycles. The Bertz CT molecular complexity index is 2640. The van der Waals surface area contributed by atoms with Gasteiger partial charge in [-0.15, -0.1) is 0 Å². The highest BCUT2D eigenvalue weighted by Crippen LogP contribution is 2.57. The number of anilines is 2. The third-order valence-electron chi connectivity index (χ3n) is 13.6. The molecule has 0 radical (unpaired) electrons. The lowest BCUT2D eigenvalue weighted by molar-refractivity contribution is -0.137. The van der Waals surface area contributed by atoms with Crippen molar-refractivity contribution < 1.29 is 28.3 Å². The van der Waals surface area contributed by atoms with Crippen LogP contribution in [-0.2, 0) is 26.3 Å². The van der Waals surface area contributed by atoms with Gasteiger partial charge in [-0.25, -0.2) is 4.39 Å². The number of fused-ring (bicyclic) bond motifs is 3. The maximum atomic E-state index is 16.3. The van der Waals surface area contributed by atoms with Crippen molar-refractivity contribution in [2.45, 2.75) is 94.9 Å². The van der Waals surface area contributed by atoms with E-state index >= 15 is 4.39 Å². The van der Waals surface area contributed by atoms with Crippen molar-refractivity contribution in [3.05, 3.63) is 122 Å². The van der Waals surface area contributed by atoms with E-state index in [-0.39, 0.29) is 59.1 Å². The number of nitrogens with one attached hydrogen (secondary N) is 5. The first-order valence-electron chi connectivity index (χ1n) is 21.9. The van der Waals surface area contributed by atoms with Crippen LogP contribution in [0.15, 0.2) is 72.8 Å². The van der Waals surface area contributed by atoms with E-state index in [4.69, 9.17) is 27.9 Å². The van der Waals surface area contributed by atoms with Crippen LogP contribution in [0, 0.1) is 29.0 Å². The number of imide groups is 1. The second kappa shape index (κ2) is 17.2. The minimum Gasteiger partial charge on any atom is -0.495 e. The number of methoxy groups -OCH3 is 1. The summed E-state index contributed by atoms with van der Waals surface area (Å²) in [6.45, 7) is 7.94. The van der Waals surface area contributed by atoms with Crippen molar-refractivity contribution in [1.82, 2.24) is 20.9 Å². The lowest BCUT2D eigenvalue weighted by Gasteiger charge is -2.39. The monoisotopic (exact) mass is 904 g/mol. The molecule has 1 spiro atoms. The van der Waals surface area contributed by atoms with Gasteiger partial charge in [0, 0.05) is 70.7 Å². The van der Waals surface area contributed by atoms with Crippen LogP contribution in [0.25, 0.3) is 0 Å². The molecule has 3 saturated heterocycles. The van der Waals surface area contributed by atoms with E-state index < -0.39 is 35.1 Å². The molecule has 0 saturated carbocycles. The Morgan fingerprint density at radius 3 is 2.62 bits per heavy atom. The summed E-state index contributed by atoms with van der Waals surface area (Å²) in [5, 5.41) is 17.0. The van der Waals surface area contributed by atoms with Crippen molar-refractivity contribution in [2.24, 2.45) is 11.3 Å². The van der Waals surface area contributed by atoms with Gasteiger partial charge in [0.05, 0.1) is 23.9 Å². The van der Waals surface area contributed by atoms with Gasteiger partial charge < -0.3 is 30.9 Å². The SMILES string of the molecule is COc1cc(C2CC(C#Cc3cccc4c3CN(C3CCC(=O)NC3=O)C4=O)CCN2)ccc1NC(=O)[C@@H]1N[C@@H](CC(C)(C)C)[C@@]2(CNc3cc(Cl)ccc32)[C@H]1c1cccc(Cl)c1F. The average molecular weight is 906 g/mol. The maximum Gasteiger partial charge on any atom is 0.255 e. The van der Waals surface area contributed by atoms with Crippen LogP contribution in [0.4, 0.5) is 15.8 Å². The maximum absolute atomic E-state index is 16.3. The van der Waals surface area contributed by atoms with Gasteiger partial charge in [-0.05, 0) is 102 Å². The van der Waals surface area contributed by atoms with Crippen LogP contribution < -0.4 is 31.3 Å². The minimum atomic E-state index is -0.850. The van der Waals surface area contributed by atoms with E-state index in [9.17, 15) is 19.2 Å². The van der Waals surface area contributed by atoms with E-state index in [0.717, 1.165) is 47.3 Å². The van der Waals surface area contributed by atoms with Gasteiger partial charge in [-0.3, -0.25) is 24.5 Å². The van der Waals surface area contributed by atoms with Crippen molar-refractivity contribution in [3.8, 4) is 17.6 Å². The van der Waals surface area contributed by atoms with Crippen LogP contribution >= 0.6 is 23.2 Å².